The standard InChI is InChI=1S/C19H22N4O5/c1-21-15-8-11(12-6-7-22(9-12)10-17(25)26)2-3-13(15)23(19(21)28)14-4-5-16(24)20-18(14)27/h2-3,8,12,14H,4-7,9-10H2,1H3,(H,25,26)(H,20,24,27)/t12-,14?/m0/s1. The minimum absolute atomic E-state index is 0.0309. The molecule has 2 amide bonds. The lowest BCUT2D eigenvalue weighted by Gasteiger charge is -2.22. The predicted molar refractivity (Wildman–Crippen MR) is 100 cm³/mol. The van der Waals surface area contributed by atoms with Gasteiger partial charge in [-0.15, -0.1) is 0 Å². The second kappa shape index (κ2) is 6.90. The maximum absolute atomic E-state index is 12.8. The number of aromatic nitrogens is 2. The van der Waals surface area contributed by atoms with Gasteiger partial charge < -0.3 is 5.11 Å². The van der Waals surface area contributed by atoms with Crippen molar-refractivity contribution in [1.82, 2.24) is 19.4 Å². The molecule has 2 N–H and O–H groups in total. The monoisotopic (exact) mass is 386 g/mol. The van der Waals surface area contributed by atoms with Gasteiger partial charge in [0.25, 0.3) is 0 Å². The Kier molecular flexibility index (Phi) is 4.54. The number of benzene rings is 1. The molecule has 2 saturated heterocycles. The number of fused-ring (bicyclic) bond motifs is 1. The summed E-state index contributed by atoms with van der Waals surface area (Å²) in [7, 11) is 1.67. The first-order valence-corrected chi connectivity index (χ1v) is 9.34. The van der Waals surface area contributed by atoms with Crippen LogP contribution < -0.4 is 11.0 Å². The molecule has 2 fully saturated rings. The highest BCUT2D eigenvalue weighted by Crippen LogP contribution is 2.30. The third kappa shape index (κ3) is 3.11. The molecule has 148 valence electrons. The van der Waals surface area contributed by atoms with E-state index in [1.165, 1.54) is 9.13 Å². The molecule has 1 aromatic heterocycles. The number of hydrogen-bond acceptors (Lipinski definition) is 5. The number of piperidine rings is 1. The third-order valence-corrected chi connectivity index (χ3v) is 5.74. The Morgan fingerprint density at radius 1 is 1.21 bits per heavy atom. The summed E-state index contributed by atoms with van der Waals surface area (Å²) in [5.74, 6) is -1.39. The van der Waals surface area contributed by atoms with E-state index in [1.54, 1.807) is 7.05 Å². The summed E-state index contributed by atoms with van der Waals surface area (Å²) in [5.41, 5.74) is 2.15. The van der Waals surface area contributed by atoms with Gasteiger partial charge in [0.2, 0.25) is 11.8 Å². The fraction of sp³-hybridized carbons (Fsp3) is 0.474. The molecule has 2 aliphatic heterocycles. The average Bonchev–Trinajstić information content (AvgIpc) is 3.19. The van der Waals surface area contributed by atoms with E-state index in [0.29, 0.717) is 18.5 Å². The molecule has 0 spiro atoms. The number of nitrogens with one attached hydrogen (secondary N) is 1. The van der Waals surface area contributed by atoms with Gasteiger partial charge in [0.1, 0.15) is 6.04 Å². The molecule has 28 heavy (non-hydrogen) atoms. The van der Waals surface area contributed by atoms with Gasteiger partial charge in [0, 0.05) is 20.0 Å². The summed E-state index contributed by atoms with van der Waals surface area (Å²) in [6.07, 6.45) is 1.37. The molecule has 1 unspecified atom stereocenters. The molecule has 0 aliphatic carbocycles. The van der Waals surface area contributed by atoms with Gasteiger partial charge in [-0.1, -0.05) is 6.07 Å². The Hall–Kier alpha value is -2.94. The molecule has 0 bridgehead atoms. The fourth-order valence-electron chi connectivity index (χ4n) is 4.30. The lowest BCUT2D eigenvalue weighted by atomic mass is 9.98. The molecule has 1 aromatic carbocycles. The number of rotatable bonds is 4. The smallest absolute Gasteiger partial charge is 0.329 e. The van der Waals surface area contributed by atoms with E-state index in [1.807, 2.05) is 23.1 Å². The van der Waals surface area contributed by atoms with Crippen molar-refractivity contribution in [2.24, 2.45) is 7.05 Å². The highest BCUT2D eigenvalue weighted by Gasteiger charge is 2.32. The number of carboxylic acids is 1. The van der Waals surface area contributed by atoms with Gasteiger partial charge in [-0.3, -0.25) is 33.7 Å². The Labute approximate surface area is 160 Å². The zero-order valence-corrected chi connectivity index (χ0v) is 15.6. The third-order valence-electron chi connectivity index (χ3n) is 5.74. The Morgan fingerprint density at radius 3 is 2.71 bits per heavy atom. The molecule has 0 radical (unpaired) electrons. The van der Waals surface area contributed by atoms with Crippen molar-refractivity contribution >= 4 is 28.8 Å². The van der Waals surface area contributed by atoms with E-state index in [4.69, 9.17) is 5.11 Å². The molecular formula is C19H22N4O5. The number of carbonyl (C=O) groups is 3. The van der Waals surface area contributed by atoms with Crippen molar-refractivity contribution in [3.63, 3.8) is 0 Å². The number of carboxylic acid groups (broad SMARTS) is 1. The molecule has 4 rings (SSSR count). The molecule has 2 atom stereocenters. The largest absolute Gasteiger partial charge is 0.480 e. The highest BCUT2D eigenvalue weighted by molar-refractivity contribution is 6.00. The Bertz CT molecular complexity index is 1040. The Balaban J connectivity index is 1.67. The number of hydrogen-bond donors (Lipinski definition) is 2. The van der Waals surface area contributed by atoms with E-state index in [9.17, 15) is 19.2 Å². The normalized spacial score (nSPS) is 23.3. The zero-order valence-electron chi connectivity index (χ0n) is 15.6. The number of imide groups is 1. The van der Waals surface area contributed by atoms with E-state index in [2.05, 4.69) is 5.32 Å². The minimum atomic E-state index is -0.834. The van der Waals surface area contributed by atoms with Crippen molar-refractivity contribution in [3.8, 4) is 0 Å². The lowest BCUT2D eigenvalue weighted by molar-refractivity contribution is -0.138. The van der Waals surface area contributed by atoms with Crippen LogP contribution >= 0.6 is 0 Å². The molecule has 9 heteroatoms. The van der Waals surface area contributed by atoms with Crippen molar-refractivity contribution < 1.29 is 19.5 Å². The van der Waals surface area contributed by atoms with E-state index in [0.717, 1.165) is 24.0 Å². The summed E-state index contributed by atoms with van der Waals surface area (Å²) in [5, 5.41) is 11.3. The van der Waals surface area contributed by atoms with Crippen LogP contribution in [-0.4, -0.2) is 56.6 Å². The first kappa shape index (κ1) is 18.4. The molecule has 2 aliphatic rings. The van der Waals surface area contributed by atoms with Gasteiger partial charge in [0.15, 0.2) is 0 Å². The van der Waals surface area contributed by atoms with Gasteiger partial charge >= 0.3 is 11.7 Å². The maximum atomic E-state index is 12.8. The first-order valence-electron chi connectivity index (χ1n) is 9.34. The second-order valence-corrected chi connectivity index (χ2v) is 7.54. The van der Waals surface area contributed by atoms with Gasteiger partial charge in [-0.2, -0.15) is 0 Å². The summed E-state index contributed by atoms with van der Waals surface area (Å²) in [6, 6.07) is 5.04. The summed E-state index contributed by atoms with van der Waals surface area (Å²) >= 11 is 0. The van der Waals surface area contributed by atoms with Crippen LogP contribution in [0.3, 0.4) is 0 Å². The van der Waals surface area contributed by atoms with Crippen LogP contribution in [0.5, 0.6) is 0 Å². The van der Waals surface area contributed by atoms with E-state index < -0.39 is 17.9 Å². The van der Waals surface area contributed by atoms with Crippen molar-refractivity contribution in [3.05, 3.63) is 34.2 Å². The van der Waals surface area contributed by atoms with Crippen LogP contribution in [0.25, 0.3) is 11.0 Å². The van der Waals surface area contributed by atoms with Crippen LogP contribution in [0.15, 0.2) is 23.0 Å². The molecule has 0 saturated carbocycles. The maximum Gasteiger partial charge on any atom is 0.329 e. The minimum Gasteiger partial charge on any atom is -0.480 e. The summed E-state index contributed by atoms with van der Waals surface area (Å²) < 4.78 is 2.98. The number of amides is 2. The topological polar surface area (TPSA) is 114 Å². The number of carbonyl (C=O) groups excluding carboxylic acids is 2. The summed E-state index contributed by atoms with van der Waals surface area (Å²) in [4.78, 5) is 49.3. The van der Waals surface area contributed by atoms with Crippen molar-refractivity contribution in [2.45, 2.75) is 31.2 Å². The lowest BCUT2D eigenvalue weighted by Crippen LogP contribution is -2.44. The Morgan fingerprint density at radius 2 is 2.00 bits per heavy atom. The molecular weight excluding hydrogens is 364 g/mol. The van der Waals surface area contributed by atoms with Crippen LogP contribution in [0.1, 0.15) is 36.8 Å². The number of imidazole rings is 1. The van der Waals surface area contributed by atoms with Gasteiger partial charge in [-0.25, -0.2) is 4.79 Å². The molecule has 9 nitrogen and oxygen atoms in total. The van der Waals surface area contributed by atoms with Gasteiger partial charge in [0.05, 0.1) is 17.6 Å². The van der Waals surface area contributed by atoms with Crippen molar-refractivity contribution in [2.75, 3.05) is 19.6 Å². The fourth-order valence-corrected chi connectivity index (χ4v) is 4.30. The van der Waals surface area contributed by atoms with Crippen LogP contribution in [0, 0.1) is 0 Å². The quantitative estimate of drug-likeness (QED) is 0.726. The van der Waals surface area contributed by atoms with Crippen LogP contribution in [0.4, 0.5) is 0 Å². The van der Waals surface area contributed by atoms with Crippen LogP contribution in [0.2, 0.25) is 0 Å². The SMILES string of the molecule is Cn1c(=O)n(C2CCC(=O)NC2=O)c2ccc([C@H]3CCN(CC(=O)O)C3)cc21. The predicted octanol–water partition coefficient (Wildman–Crippen LogP) is 0.192. The van der Waals surface area contributed by atoms with Crippen LogP contribution in [-0.2, 0) is 21.4 Å². The van der Waals surface area contributed by atoms with Gasteiger partial charge in [-0.05, 0) is 43.0 Å². The zero-order chi connectivity index (χ0) is 20.0. The van der Waals surface area contributed by atoms with E-state index >= 15 is 0 Å². The average molecular weight is 386 g/mol. The number of likely N-dealkylation sites (tertiary alicyclic amines) is 1. The number of aliphatic carboxylic acids is 1. The van der Waals surface area contributed by atoms with E-state index in [-0.39, 0.29) is 30.5 Å². The molecule has 3 heterocycles. The number of aryl methyl sites for hydroxylation is 1. The second-order valence-electron chi connectivity index (χ2n) is 7.54. The first-order chi connectivity index (χ1) is 13.3. The number of nitrogens with zero attached hydrogens (tertiary/aromatic N) is 3. The van der Waals surface area contributed by atoms with Crippen molar-refractivity contribution in [1.29, 1.82) is 0 Å². The highest BCUT2D eigenvalue weighted by atomic mass is 16.4. The molecule has 2 aromatic rings. The summed E-state index contributed by atoms with van der Waals surface area (Å²) in [6.45, 7) is 1.42.